The van der Waals surface area contributed by atoms with Gasteiger partial charge < -0.3 is 20.7 Å². The van der Waals surface area contributed by atoms with Crippen LogP contribution >= 0.6 is 0 Å². The van der Waals surface area contributed by atoms with E-state index in [0.717, 1.165) is 0 Å². The van der Waals surface area contributed by atoms with E-state index in [1.165, 1.54) is 6.33 Å². The molecular formula is C11H15N5O3. The van der Waals surface area contributed by atoms with Gasteiger partial charge in [0.2, 0.25) is 0 Å². The van der Waals surface area contributed by atoms with Crippen LogP contribution in [0.25, 0.3) is 11.2 Å². The molecule has 1 aliphatic rings. The first-order valence-electron chi connectivity index (χ1n) is 6.04. The van der Waals surface area contributed by atoms with Crippen LogP contribution in [0.4, 0.5) is 5.82 Å². The maximum absolute atomic E-state index is 9.28. The Morgan fingerprint density at radius 3 is 2.84 bits per heavy atom. The second-order valence-corrected chi connectivity index (χ2v) is 4.57. The topological polar surface area (TPSA) is 119 Å². The Morgan fingerprint density at radius 2 is 2.16 bits per heavy atom. The van der Waals surface area contributed by atoms with Crippen LogP contribution < -0.4 is 5.73 Å². The normalized spacial score (nSPS) is 27.2. The minimum absolute atomic E-state index is 0.0223. The largest absolute Gasteiger partial charge is 0.396 e. The van der Waals surface area contributed by atoms with Crippen molar-refractivity contribution in [1.29, 1.82) is 0 Å². The van der Waals surface area contributed by atoms with Crippen molar-refractivity contribution in [2.45, 2.75) is 18.8 Å². The number of aliphatic hydroxyl groups is 2. The number of rotatable bonds is 3. The first kappa shape index (κ1) is 12.3. The van der Waals surface area contributed by atoms with Gasteiger partial charge in [-0.25, -0.2) is 15.0 Å². The zero-order valence-electron chi connectivity index (χ0n) is 10.2. The molecule has 2 aromatic rings. The van der Waals surface area contributed by atoms with Crippen molar-refractivity contribution in [3.8, 4) is 0 Å². The van der Waals surface area contributed by atoms with Crippen molar-refractivity contribution in [2.24, 2.45) is 5.92 Å². The number of hydrogen-bond acceptors (Lipinski definition) is 7. The van der Waals surface area contributed by atoms with Gasteiger partial charge in [-0.1, -0.05) is 0 Å². The molecule has 3 rings (SSSR count). The predicted molar refractivity (Wildman–Crippen MR) is 65.9 cm³/mol. The maximum atomic E-state index is 9.28. The molecule has 0 aliphatic carbocycles. The number of fused-ring (bicyclic) bond motifs is 1. The zero-order valence-corrected chi connectivity index (χ0v) is 10.2. The SMILES string of the molecule is Nc1ncnc2c1ncn2C1C[C@H](CO)[C@@H](CO)O1. The third-order valence-electron chi connectivity index (χ3n) is 3.47. The van der Waals surface area contributed by atoms with E-state index in [1.807, 2.05) is 0 Å². The Balaban J connectivity index is 1.95. The van der Waals surface area contributed by atoms with Gasteiger partial charge in [0.25, 0.3) is 0 Å². The van der Waals surface area contributed by atoms with Crippen molar-refractivity contribution in [3.05, 3.63) is 12.7 Å². The van der Waals surface area contributed by atoms with Crippen LogP contribution in [-0.4, -0.2) is 49.0 Å². The highest BCUT2D eigenvalue weighted by Crippen LogP contribution is 2.34. The molecule has 19 heavy (non-hydrogen) atoms. The van der Waals surface area contributed by atoms with E-state index in [9.17, 15) is 10.2 Å². The van der Waals surface area contributed by atoms with Crippen molar-refractivity contribution in [2.75, 3.05) is 18.9 Å². The molecular weight excluding hydrogens is 250 g/mol. The van der Waals surface area contributed by atoms with Crippen LogP contribution in [0.1, 0.15) is 12.6 Å². The summed E-state index contributed by atoms with van der Waals surface area (Å²) in [5.74, 6) is 0.228. The molecule has 0 aromatic carbocycles. The minimum atomic E-state index is -0.369. The highest BCUT2D eigenvalue weighted by Gasteiger charge is 2.36. The summed E-state index contributed by atoms with van der Waals surface area (Å²) in [5, 5.41) is 18.5. The Morgan fingerprint density at radius 1 is 1.32 bits per heavy atom. The van der Waals surface area contributed by atoms with Gasteiger partial charge in [0.1, 0.15) is 18.1 Å². The molecule has 0 spiro atoms. The maximum Gasteiger partial charge on any atom is 0.167 e. The summed E-state index contributed by atoms with van der Waals surface area (Å²) in [6.07, 6.45) is 2.88. The Kier molecular flexibility index (Phi) is 3.05. The van der Waals surface area contributed by atoms with Crippen molar-refractivity contribution in [1.82, 2.24) is 19.5 Å². The Hall–Kier alpha value is -1.77. The van der Waals surface area contributed by atoms with E-state index < -0.39 is 0 Å². The molecule has 8 heteroatoms. The van der Waals surface area contributed by atoms with Crippen LogP contribution in [0.15, 0.2) is 12.7 Å². The molecule has 8 nitrogen and oxygen atoms in total. The third-order valence-corrected chi connectivity index (χ3v) is 3.47. The highest BCUT2D eigenvalue weighted by molar-refractivity contribution is 5.81. The standard InChI is InChI=1S/C11H15N5O3/c12-10-9-11(14-4-13-10)16(5-15-9)8-1-6(2-17)7(3-18)19-8/h4-8,17-18H,1-3H2,(H2,12,13,14)/t6-,7-,8?/m1/s1. The summed E-state index contributed by atoms with van der Waals surface area (Å²) in [4.78, 5) is 12.2. The third kappa shape index (κ3) is 1.93. The number of ether oxygens (including phenoxy) is 1. The average Bonchev–Trinajstić information content (AvgIpc) is 3.02. The molecule has 0 saturated carbocycles. The molecule has 0 radical (unpaired) electrons. The number of nitrogen functional groups attached to an aromatic ring is 1. The van der Waals surface area contributed by atoms with Crippen LogP contribution in [0.5, 0.6) is 0 Å². The molecule has 1 fully saturated rings. The number of anilines is 1. The lowest BCUT2D eigenvalue weighted by molar-refractivity contribution is -0.0334. The van der Waals surface area contributed by atoms with Crippen LogP contribution in [0.3, 0.4) is 0 Å². The van der Waals surface area contributed by atoms with Crippen molar-refractivity contribution >= 4 is 17.0 Å². The van der Waals surface area contributed by atoms with E-state index in [1.54, 1.807) is 10.9 Å². The molecule has 1 unspecified atom stereocenters. The highest BCUT2D eigenvalue weighted by atomic mass is 16.5. The summed E-state index contributed by atoms with van der Waals surface area (Å²) in [6, 6.07) is 0. The molecule has 2 aromatic heterocycles. The van der Waals surface area contributed by atoms with Crippen molar-refractivity contribution < 1.29 is 14.9 Å². The van der Waals surface area contributed by atoms with Gasteiger partial charge in [0, 0.05) is 18.9 Å². The summed E-state index contributed by atoms with van der Waals surface area (Å²) >= 11 is 0. The molecule has 102 valence electrons. The van der Waals surface area contributed by atoms with E-state index in [0.29, 0.717) is 23.4 Å². The van der Waals surface area contributed by atoms with Gasteiger partial charge in [0.15, 0.2) is 11.5 Å². The molecule has 4 N–H and O–H groups in total. The molecule has 0 bridgehead atoms. The fraction of sp³-hybridized carbons (Fsp3) is 0.545. The first-order valence-corrected chi connectivity index (χ1v) is 6.04. The van der Waals surface area contributed by atoms with Gasteiger partial charge in [-0.15, -0.1) is 0 Å². The molecule has 0 amide bonds. The van der Waals surface area contributed by atoms with Gasteiger partial charge >= 0.3 is 0 Å². The quantitative estimate of drug-likeness (QED) is 0.671. The van der Waals surface area contributed by atoms with Gasteiger partial charge in [-0.3, -0.25) is 4.57 Å². The number of aromatic nitrogens is 4. The average molecular weight is 265 g/mol. The summed E-state index contributed by atoms with van der Waals surface area (Å²) in [6.45, 7) is -0.142. The Bertz CT molecular complexity index is 575. The molecule has 1 aliphatic heterocycles. The number of hydrogen-bond donors (Lipinski definition) is 3. The molecule has 3 atom stereocenters. The lowest BCUT2D eigenvalue weighted by atomic mass is 10.0. The second-order valence-electron chi connectivity index (χ2n) is 4.57. The lowest BCUT2D eigenvalue weighted by Gasteiger charge is -2.14. The lowest BCUT2D eigenvalue weighted by Crippen LogP contribution is -2.23. The van der Waals surface area contributed by atoms with Gasteiger partial charge in [-0.2, -0.15) is 0 Å². The molecule has 3 heterocycles. The monoisotopic (exact) mass is 265 g/mol. The summed E-state index contributed by atoms with van der Waals surface area (Å²) in [5.41, 5.74) is 6.84. The van der Waals surface area contributed by atoms with E-state index in [-0.39, 0.29) is 31.5 Å². The second kappa shape index (κ2) is 4.72. The number of imidazole rings is 1. The van der Waals surface area contributed by atoms with Gasteiger partial charge in [0.05, 0.1) is 19.0 Å². The predicted octanol–water partition coefficient (Wildman–Crippen LogP) is -0.703. The van der Waals surface area contributed by atoms with Crippen LogP contribution in [-0.2, 0) is 4.74 Å². The first-order chi connectivity index (χ1) is 9.24. The smallest absolute Gasteiger partial charge is 0.167 e. The van der Waals surface area contributed by atoms with Gasteiger partial charge in [-0.05, 0) is 0 Å². The fourth-order valence-corrected chi connectivity index (χ4v) is 2.42. The fourth-order valence-electron chi connectivity index (χ4n) is 2.42. The zero-order chi connectivity index (χ0) is 13.4. The Labute approximate surface area is 108 Å². The number of nitrogens with zero attached hydrogens (tertiary/aromatic N) is 4. The molecule has 1 saturated heterocycles. The minimum Gasteiger partial charge on any atom is -0.396 e. The van der Waals surface area contributed by atoms with Crippen molar-refractivity contribution in [3.63, 3.8) is 0 Å². The summed E-state index contributed by atoms with van der Waals surface area (Å²) in [7, 11) is 0. The summed E-state index contributed by atoms with van der Waals surface area (Å²) < 4.78 is 7.47. The van der Waals surface area contributed by atoms with Crippen LogP contribution in [0.2, 0.25) is 0 Å². The van der Waals surface area contributed by atoms with E-state index in [4.69, 9.17) is 10.5 Å². The van der Waals surface area contributed by atoms with E-state index >= 15 is 0 Å². The van der Waals surface area contributed by atoms with Crippen LogP contribution in [0, 0.1) is 5.92 Å². The number of aliphatic hydroxyl groups excluding tert-OH is 2. The van der Waals surface area contributed by atoms with E-state index in [2.05, 4.69) is 15.0 Å². The number of nitrogens with two attached hydrogens (primary N) is 1.